The maximum Gasteiger partial charge on any atom is 0.243 e. The predicted molar refractivity (Wildman–Crippen MR) is 124 cm³/mol. The summed E-state index contributed by atoms with van der Waals surface area (Å²) in [7, 11) is -3.51. The van der Waals surface area contributed by atoms with Gasteiger partial charge in [-0.2, -0.15) is 4.31 Å². The highest BCUT2D eigenvalue weighted by atomic mass is 32.2. The zero-order chi connectivity index (χ0) is 21.8. The maximum atomic E-state index is 13.0. The van der Waals surface area contributed by atoms with Gasteiger partial charge >= 0.3 is 0 Å². The van der Waals surface area contributed by atoms with Crippen molar-refractivity contribution < 1.29 is 13.5 Å². The highest BCUT2D eigenvalue weighted by molar-refractivity contribution is 7.89. The van der Waals surface area contributed by atoms with Crippen molar-refractivity contribution in [2.45, 2.75) is 50.0 Å². The van der Waals surface area contributed by atoms with Crippen molar-refractivity contribution in [1.82, 2.24) is 9.21 Å². The van der Waals surface area contributed by atoms with E-state index in [0.29, 0.717) is 24.0 Å². The average Bonchev–Trinajstić information content (AvgIpc) is 3.23. The van der Waals surface area contributed by atoms with Crippen LogP contribution in [0.25, 0.3) is 11.1 Å². The van der Waals surface area contributed by atoms with Crippen molar-refractivity contribution in [1.29, 1.82) is 0 Å². The van der Waals surface area contributed by atoms with Gasteiger partial charge in [0.2, 0.25) is 10.0 Å². The van der Waals surface area contributed by atoms with Crippen LogP contribution in [0, 0.1) is 5.92 Å². The highest BCUT2D eigenvalue weighted by Crippen LogP contribution is 2.26. The summed E-state index contributed by atoms with van der Waals surface area (Å²) in [5.74, 6) is 0.0370. The second-order valence-electron chi connectivity index (χ2n) is 9.05. The SMILES string of the molecule is C[C@@H]1CCCN1CCc1ccc(-c2ccc(S(=O)(=O)N3CCC[C@@H](CO)C3)cc2)cc1. The fourth-order valence-corrected chi connectivity index (χ4v) is 6.38. The summed E-state index contributed by atoms with van der Waals surface area (Å²) in [5, 5.41) is 9.40. The van der Waals surface area contributed by atoms with E-state index in [1.54, 1.807) is 12.1 Å². The minimum Gasteiger partial charge on any atom is -0.396 e. The van der Waals surface area contributed by atoms with Gasteiger partial charge in [-0.3, -0.25) is 0 Å². The van der Waals surface area contributed by atoms with Gasteiger partial charge in [-0.1, -0.05) is 36.4 Å². The van der Waals surface area contributed by atoms with Gasteiger partial charge in [0, 0.05) is 32.3 Å². The lowest BCUT2D eigenvalue weighted by Crippen LogP contribution is -2.40. The van der Waals surface area contributed by atoms with E-state index in [0.717, 1.165) is 36.9 Å². The highest BCUT2D eigenvalue weighted by Gasteiger charge is 2.29. The maximum absolute atomic E-state index is 13.0. The minimum absolute atomic E-state index is 0.0370. The Hall–Kier alpha value is -1.73. The summed E-state index contributed by atoms with van der Waals surface area (Å²) in [6.45, 7) is 5.61. The first kappa shape index (κ1) is 22.5. The first-order chi connectivity index (χ1) is 15.0. The van der Waals surface area contributed by atoms with Crippen LogP contribution in [0.5, 0.6) is 0 Å². The second-order valence-corrected chi connectivity index (χ2v) is 11.0. The van der Waals surface area contributed by atoms with E-state index in [1.807, 2.05) is 12.1 Å². The van der Waals surface area contributed by atoms with Crippen LogP contribution in [0.3, 0.4) is 0 Å². The van der Waals surface area contributed by atoms with Crippen LogP contribution in [-0.4, -0.2) is 61.6 Å². The molecule has 0 aromatic heterocycles. The van der Waals surface area contributed by atoms with Crippen LogP contribution in [0.15, 0.2) is 53.4 Å². The molecule has 2 aliphatic rings. The lowest BCUT2D eigenvalue weighted by molar-refractivity contribution is 0.165. The molecule has 2 aromatic rings. The fourth-order valence-electron chi connectivity index (χ4n) is 4.82. The van der Waals surface area contributed by atoms with Gasteiger partial charge in [-0.15, -0.1) is 0 Å². The lowest BCUT2D eigenvalue weighted by Gasteiger charge is -2.31. The minimum atomic E-state index is -3.51. The molecule has 0 unspecified atom stereocenters. The van der Waals surface area contributed by atoms with Crippen molar-refractivity contribution in [3.05, 3.63) is 54.1 Å². The molecule has 2 aliphatic heterocycles. The van der Waals surface area contributed by atoms with E-state index in [9.17, 15) is 13.5 Å². The van der Waals surface area contributed by atoms with E-state index in [4.69, 9.17) is 0 Å². The number of nitrogens with zero attached hydrogens (tertiary/aromatic N) is 2. The van der Waals surface area contributed by atoms with Gasteiger partial charge in [0.05, 0.1) is 4.90 Å². The summed E-state index contributed by atoms with van der Waals surface area (Å²) in [6, 6.07) is 16.5. The first-order valence-electron chi connectivity index (χ1n) is 11.5. The van der Waals surface area contributed by atoms with Crippen molar-refractivity contribution >= 4 is 10.0 Å². The molecule has 2 atom stereocenters. The summed E-state index contributed by atoms with van der Waals surface area (Å²) in [4.78, 5) is 2.89. The molecule has 2 saturated heterocycles. The second kappa shape index (κ2) is 9.82. The molecule has 2 heterocycles. The molecule has 2 aromatic carbocycles. The molecule has 168 valence electrons. The van der Waals surface area contributed by atoms with Crippen LogP contribution < -0.4 is 0 Å². The van der Waals surface area contributed by atoms with Crippen LogP contribution in [0.2, 0.25) is 0 Å². The topological polar surface area (TPSA) is 60.9 Å². The van der Waals surface area contributed by atoms with Crippen molar-refractivity contribution in [2.24, 2.45) is 5.92 Å². The molecule has 1 N–H and O–H groups in total. The number of hydrogen-bond acceptors (Lipinski definition) is 4. The zero-order valence-corrected chi connectivity index (χ0v) is 19.2. The lowest BCUT2D eigenvalue weighted by atomic mass is 10.0. The van der Waals surface area contributed by atoms with Crippen LogP contribution >= 0.6 is 0 Å². The summed E-state index contributed by atoms with van der Waals surface area (Å²) in [5.41, 5.74) is 3.46. The Bertz CT molecular complexity index is 957. The standard InChI is InChI=1S/C25H34N2O3S/c1-20-4-2-15-26(20)17-14-21-6-8-23(9-7-21)24-10-12-25(13-11-24)31(29,30)27-16-3-5-22(18-27)19-28/h6-13,20,22,28H,2-5,14-19H2,1H3/t20-,22-/m1/s1. The summed E-state index contributed by atoms with van der Waals surface area (Å²) >= 11 is 0. The molecule has 0 spiro atoms. The van der Waals surface area contributed by atoms with Crippen molar-refractivity contribution in [3.8, 4) is 11.1 Å². The molecular formula is C25H34N2O3S. The van der Waals surface area contributed by atoms with Crippen LogP contribution in [0.4, 0.5) is 0 Å². The van der Waals surface area contributed by atoms with E-state index >= 15 is 0 Å². The molecule has 2 fully saturated rings. The quantitative estimate of drug-likeness (QED) is 0.709. The van der Waals surface area contributed by atoms with Crippen molar-refractivity contribution in [2.75, 3.05) is 32.8 Å². The van der Waals surface area contributed by atoms with Gasteiger partial charge in [-0.05, 0) is 80.3 Å². The third-order valence-electron chi connectivity index (χ3n) is 6.90. The number of piperidine rings is 1. The van der Waals surface area contributed by atoms with Gasteiger partial charge < -0.3 is 10.0 Å². The number of aliphatic hydroxyl groups is 1. The Labute approximate surface area is 186 Å². The van der Waals surface area contributed by atoms with E-state index < -0.39 is 10.0 Å². The third-order valence-corrected chi connectivity index (χ3v) is 8.78. The Morgan fingerprint density at radius 3 is 2.19 bits per heavy atom. The third kappa shape index (κ3) is 5.20. The molecule has 5 nitrogen and oxygen atoms in total. The Kier molecular flexibility index (Phi) is 7.12. The van der Waals surface area contributed by atoms with Crippen LogP contribution in [0.1, 0.15) is 38.2 Å². The van der Waals surface area contributed by atoms with E-state index in [2.05, 4.69) is 36.1 Å². The van der Waals surface area contributed by atoms with Crippen molar-refractivity contribution in [3.63, 3.8) is 0 Å². The molecule has 0 bridgehead atoms. The summed E-state index contributed by atoms with van der Waals surface area (Å²) < 4.78 is 27.5. The number of likely N-dealkylation sites (tertiary alicyclic amines) is 1. The van der Waals surface area contributed by atoms with Gasteiger partial charge in [0.15, 0.2) is 0 Å². The predicted octanol–water partition coefficient (Wildman–Crippen LogP) is 3.77. The number of rotatable bonds is 7. The van der Waals surface area contributed by atoms with Crippen LogP contribution in [-0.2, 0) is 16.4 Å². The summed E-state index contributed by atoms with van der Waals surface area (Å²) in [6.07, 6.45) is 5.36. The van der Waals surface area contributed by atoms with Gasteiger partial charge in [0.1, 0.15) is 0 Å². The van der Waals surface area contributed by atoms with Gasteiger partial charge in [0.25, 0.3) is 0 Å². The van der Waals surface area contributed by atoms with Gasteiger partial charge in [-0.25, -0.2) is 8.42 Å². The monoisotopic (exact) mass is 442 g/mol. The molecule has 6 heteroatoms. The zero-order valence-electron chi connectivity index (χ0n) is 18.4. The Morgan fingerprint density at radius 1 is 0.935 bits per heavy atom. The molecule has 0 aliphatic carbocycles. The average molecular weight is 443 g/mol. The number of aliphatic hydroxyl groups excluding tert-OH is 1. The largest absolute Gasteiger partial charge is 0.396 e. The molecular weight excluding hydrogens is 408 g/mol. The number of hydrogen-bond donors (Lipinski definition) is 1. The van der Waals surface area contributed by atoms with E-state index in [1.165, 1.54) is 29.3 Å². The fraction of sp³-hybridized carbons (Fsp3) is 0.520. The number of benzene rings is 2. The smallest absolute Gasteiger partial charge is 0.243 e. The Balaban J connectivity index is 1.40. The first-order valence-corrected chi connectivity index (χ1v) is 13.0. The molecule has 0 radical (unpaired) electrons. The normalized spacial score (nSPS) is 23.3. The molecule has 0 saturated carbocycles. The van der Waals surface area contributed by atoms with E-state index in [-0.39, 0.29) is 12.5 Å². The molecule has 4 rings (SSSR count). The Morgan fingerprint density at radius 2 is 1.58 bits per heavy atom. The molecule has 0 amide bonds. The molecule has 31 heavy (non-hydrogen) atoms. The number of sulfonamides is 1.